The molecule has 5 nitrogen and oxygen atoms in total. The molecule has 3 heterocycles. The maximum Gasteiger partial charge on any atom is 0.218 e. The highest BCUT2D eigenvalue weighted by atomic mass is 32.2. The summed E-state index contributed by atoms with van der Waals surface area (Å²) in [6, 6.07) is 0. The van der Waals surface area contributed by atoms with Crippen LogP contribution in [-0.2, 0) is 10.0 Å². The average Bonchev–Trinajstić information content (AvgIpc) is 3.02. The Hall–Kier alpha value is -0.170. The van der Waals surface area contributed by atoms with Crippen LogP contribution in [0.15, 0.2) is 0 Å². The summed E-state index contributed by atoms with van der Waals surface area (Å²) in [7, 11) is -3.08. The normalized spacial score (nSPS) is 30.8. The van der Waals surface area contributed by atoms with E-state index in [0.29, 0.717) is 12.5 Å². The third-order valence-electron chi connectivity index (χ3n) is 5.32. The smallest absolute Gasteiger partial charge is 0.218 e. The molecule has 1 N–H and O–H groups in total. The van der Waals surface area contributed by atoms with Crippen LogP contribution in [0.4, 0.5) is 0 Å². The van der Waals surface area contributed by atoms with Gasteiger partial charge in [0.25, 0.3) is 0 Å². The fourth-order valence-corrected chi connectivity index (χ4v) is 5.90. The van der Waals surface area contributed by atoms with Gasteiger partial charge in [-0.15, -0.1) is 0 Å². The van der Waals surface area contributed by atoms with Crippen LogP contribution < -0.4 is 5.32 Å². The largest absolute Gasteiger partial charge is 0.315 e. The topological polar surface area (TPSA) is 52.7 Å². The molecule has 0 spiro atoms. The lowest BCUT2D eigenvalue weighted by molar-refractivity contribution is 0.204. The molecule has 0 aromatic heterocycles. The predicted octanol–water partition coefficient (Wildman–Crippen LogP) is 0.876. The van der Waals surface area contributed by atoms with E-state index in [1.165, 1.54) is 32.5 Å². The second-order valence-electron chi connectivity index (χ2n) is 6.86. The van der Waals surface area contributed by atoms with Gasteiger partial charge in [0.15, 0.2) is 0 Å². The van der Waals surface area contributed by atoms with Crippen molar-refractivity contribution in [1.82, 2.24) is 14.5 Å². The fraction of sp³-hybridized carbons (Fsp3) is 1.00. The molecule has 3 aliphatic rings. The lowest BCUT2D eigenvalue weighted by Crippen LogP contribution is -2.49. The van der Waals surface area contributed by atoms with Crippen LogP contribution in [0.3, 0.4) is 0 Å². The monoisotopic (exact) mass is 315 g/mol. The van der Waals surface area contributed by atoms with E-state index in [1.807, 2.05) is 0 Å². The van der Waals surface area contributed by atoms with Crippen LogP contribution in [0.2, 0.25) is 0 Å². The third-order valence-corrected chi connectivity index (χ3v) is 7.65. The molecule has 0 aliphatic carbocycles. The third kappa shape index (κ3) is 3.78. The van der Waals surface area contributed by atoms with E-state index in [9.17, 15) is 8.42 Å². The first-order valence-electron chi connectivity index (χ1n) is 8.58. The Balaban J connectivity index is 1.50. The molecule has 1 unspecified atom stereocenters. The molecule has 6 heteroatoms. The molecule has 3 aliphatic heterocycles. The molecule has 0 saturated carbocycles. The van der Waals surface area contributed by atoms with Crippen molar-refractivity contribution in [3.8, 4) is 0 Å². The molecule has 0 radical (unpaired) electrons. The van der Waals surface area contributed by atoms with E-state index in [1.54, 1.807) is 4.31 Å². The number of hydrogen-bond acceptors (Lipinski definition) is 4. The summed E-state index contributed by atoms with van der Waals surface area (Å²) in [4.78, 5) is 2.56. The number of nitrogens with zero attached hydrogens (tertiary/aromatic N) is 2. The minimum absolute atomic E-state index is 0.193. The van der Waals surface area contributed by atoms with Gasteiger partial charge in [0.2, 0.25) is 10.0 Å². The highest BCUT2D eigenvalue weighted by Gasteiger charge is 2.35. The van der Waals surface area contributed by atoms with Gasteiger partial charge in [0.05, 0.1) is 5.25 Å². The van der Waals surface area contributed by atoms with E-state index < -0.39 is 10.0 Å². The van der Waals surface area contributed by atoms with Crippen LogP contribution >= 0.6 is 0 Å². The van der Waals surface area contributed by atoms with Crippen LogP contribution in [0.25, 0.3) is 0 Å². The van der Waals surface area contributed by atoms with Gasteiger partial charge in [-0.2, -0.15) is 0 Å². The van der Waals surface area contributed by atoms with E-state index >= 15 is 0 Å². The molecular weight excluding hydrogens is 286 g/mol. The van der Waals surface area contributed by atoms with E-state index in [4.69, 9.17) is 0 Å². The minimum Gasteiger partial charge on any atom is -0.315 e. The second-order valence-corrected chi connectivity index (χ2v) is 9.08. The van der Waals surface area contributed by atoms with Crippen molar-refractivity contribution in [2.24, 2.45) is 5.92 Å². The number of piperidine rings is 2. The maximum atomic E-state index is 12.7. The second kappa shape index (κ2) is 6.94. The predicted molar refractivity (Wildman–Crippen MR) is 84.8 cm³/mol. The summed E-state index contributed by atoms with van der Waals surface area (Å²) in [5, 5.41) is 3.03. The molecule has 3 fully saturated rings. The van der Waals surface area contributed by atoms with Gasteiger partial charge < -0.3 is 10.2 Å². The summed E-state index contributed by atoms with van der Waals surface area (Å²) in [5.74, 6) is 0.694. The molecule has 3 saturated heterocycles. The van der Waals surface area contributed by atoms with E-state index in [2.05, 4.69) is 10.2 Å². The first-order chi connectivity index (χ1) is 10.2. The average molecular weight is 315 g/mol. The zero-order chi connectivity index (χ0) is 14.7. The van der Waals surface area contributed by atoms with Gasteiger partial charge in [-0.1, -0.05) is 0 Å². The van der Waals surface area contributed by atoms with Crippen molar-refractivity contribution in [2.45, 2.75) is 43.8 Å². The molecule has 0 amide bonds. The molecule has 0 bridgehead atoms. The quantitative estimate of drug-likeness (QED) is 0.837. The SMILES string of the molecule is O=S(=O)(C1CCCNC1)N1CCC(CN2CCCC2)CC1. The first-order valence-corrected chi connectivity index (χ1v) is 10.1. The van der Waals surface area contributed by atoms with Crippen LogP contribution in [0.1, 0.15) is 38.5 Å². The fourth-order valence-electron chi connectivity index (χ4n) is 3.96. The highest BCUT2D eigenvalue weighted by Crippen LogP contribution is 2.25. The number of likely N-dealkylation sites (tertiary alicyclic amines) is 1. The van der Waals surface area contributed by atoms with Gasteiger partial charge in [-0.25, -0.2) is 12.7 Å². The number of sulfonamides is 1. The van der Waals surface area contributed by atoms with Crippen molar-refractivity contribution >= 4 is 10.0 Å². The van der Waals surface area contributed by atoms with Crippen molar-refractivity contribution in [1.29, 1.82) is 0 Å². The standard InChI is InChI=1S/C15H29N3O2S/c19-21(20,15-4-3-7-16-12-15)18-10-5-14(6-11-18)13-17-8-1-2-9-17/h14-16H,1-13H2. The van der Waals surface area contributed by atoms with Crippen molar-refractivity contribution in [3.63, 3.8) is 0 Å². The van der Waals surface area contributed by atoms with Gasteiger partial charge in [-0.3, -0.25) is 0 Å². The Labute approximate surface area is 129 Å². The van der Waals surface area contributed by atoms with Gasteiger partial charge in [0, 0.05) is 26.2 Å². The molecule has 3 rings (SSSR count). The summed E-state index contributed by atoms with van der Waals surface area (Å²) in [6.07, 6.45) is 6.55. The summed E-state index contributed by atoms with van der Waals surface area (Å²) in [5.41, 5.74) is 0. The highest BCUT2D eigenvalue weighted by molar-refractivity contribution is 7.89. The molecule has 0 aromatic rings. The number of rotatable bonds is 4. The lowest BCUT2D eigenvalue weighted by atomic mass is 9.98. The van der Waals surface area contributed by atoms with Crippen molar-refractivity contribution < 1.29 is 8.42 Å². The van der Waals surface area contributed by atoms with E-state index in [-0.39, 0.29) is 5.25 Å². The first kappa shape index (κ1) is 15.7. The Kier molecular flexibility index (Phi) is 5.19. The number of nitrogens with one attached hydrogen (secondary N) is 1. The Morgan fingerprint density at radius 2 is 1.67 bits per heavy atom. The van der Waals surface area contributed by atoms with Crippen molar-refractivity contribution in [3.05, 3.63) is 0 Å². The summed E-state index contributed by atoms with van der Waals surface area (Å²) in [6.45, 7) is 6.73. The van der Waals surface area contributed by atoms with Gasteiger partial charge in [0.1, 0.15) is 0 Å². The minimum atomic E-state index is -3.08. The summed E-state index contributed by atoms with van der Waals surface area (Å²) >= 11 is 0. The molecule has 0 aromatic carbocycles. The van der Waals surface area contributed by atoms with Gasteiger partial charge in [-0.05, 0) is 64.1 Å². The van der Waals surface area contributed by atoms with Crippen LogP contribution in [0, 0.1) is 5.92 Å². The Morgan fingerprint density at radius 3 is 2.29 bits per heavy atom. The lowest BCUT2D eigenvalue weighted by Gasteiger charge is -2.36. The maximum absolute atomic E-state index is 12.7. The molecular formula is C15H29N3O2S. The molecule has 122 valence electrons. The van der Waals surface area contributed by atoms with Gasteiger partial charge >= 0.3 is 0 Å². The Morgan fingerprint density at radius 1 is 0.952 bits per heavy atom. The zero-order valence-electron chi connectivity index (χ0n) is 13.0. The van der Waals surface area contributed by atoms with Crippen LogP contribution in [0.5, 0.6) is 0 Å². The molecule has 1 atom stereocenters. The van der Waals surface area contributed by atoms with Crippen molar-refractivity contribution in [2.75, 3.05) is 45.8 Å². The number of hydrogen-bond donors (Lipinski definition) is 1. The Bertz CT molecular complexity index is 420. The molecule has 21 heavy (non-hydrogen) atoms. The summed E-state index contributed by atoms with van der Waals surface area (Å²) < 4.78 is 27.1. The zero-order valence-corrected chi connectivity index (χ0v) is 13.8. The van der Waals surface area contributed by atoms with Crippen LogP contribution in [-0.4, -0.2) is 68.7 Å². The van der Waals surface area contributed by atoms with E-state index in [0.717, 1.165) is 45.3 Å².